The molecule has 114 valence electrons. The minimum atomic E-state index is -0.476. The Morgan fingerprint density at radius 3 is 1.86 bits per heavy atom. The van der Waals surface area contributed by atoms with Crippen molar-refractivity contribution in [3.63, 3.8) is 0 Å². The van der Waals surface area contributed by atoms with Gasteiger partial charge in [0.25, 0.3) is 0 Å². The Morgan fingerprint density at radius 1 is 0.955 bits per heavy atom. The maximum absolute atomic E-state index is 12.7. The Bertz CT molecular complexity index is 583. The lowest BCUT2D eigenvalue weighted by Gasteiger charge is -2.27. The van der Waals surface area contributed by atoms with Crippen LogP contribution in [0.2, 0.25) is 0 Å². The molecule has 0 bridgehead atoms. The molecule has 1 amide bonds. The second-order valence-electron chi connectivity index (χ2n) is 6.16. The highest BCUT2D eigenvalue weighted by molar-refractivity contribution is 5.86. The summed E-state index contributed by atoms with van der Waals surface area (Å²) in [5, 5.41) is 12.4. The summed E-state index contributed by atoms with van der Waals surface area (Å²) in [6, 6.07) is 20.1. The van der Waals surface area contributed by atoms with Gasteiger partial charge in [0.15, 0.2) is 0 Å². The maximum Gasteiger partial charge on any atom is 0.227 e. The van der Waals surface area contributed by atoms with Crippen LogP contribution in [0.4, 0.5) is 0 Å². The number of aliphatic hydroxyl groups is 1. The average molecular weight is 295 g/mol. The van der Waals surface area contributed by atoms with Crippen LogP contribution in [0.3, 0.4) is 0 Å². The third-order valence-corrected chi connectivity index (χ3v) is 4.45. The molecule has 1 saturated heterocycles. The van der Waals surface area contributed by atoms with Gasteiger partial charge < -0.3 is 10.4 Å². The molecule has 3 nitrogen and oxygen atoms in total. The van der Waals surface area contributed by atoms with Crippen molar-refractivity contribution in [3.8, 4) is 0 Å². The van der Waals surface area contributed by atoms with Crippen LogP contribution in [-0.2, 0) is 17.6 Å². The van der Waals surface area contributed by atoms with Crippen LogP contribution in [0.25, 0.3) is 0 Å². The monoisotopic (exact) mass is 295 g/mol. The van der Waals surface area contributed by atoms with Crippen molar-refractivity contribution < 1.29 is 9.90 Å². The molecule has 3 heteroatoms. The van der Waals surface area contributed by atoms with E-state index in [0.717, 1.165) is 11.1 Å². The zero-order valence-electron chi connectivity index (χ0n) is 12.5. The van der Waals surface area contributed by atoms with Crippen molar-refractivity contribution in [2.24, 2.45) is 5.41 Å². The van der Waals surface area contributed by atoms with E-state index in [1.807, 2.05) is 36.4 Å². The van der Waals surface area contributed by atoms with Crippen molar-refractivity contribution in [2.75, 3.05) is 6.61 Å². The van der Waals surface area contributed by atoms with Crippen LogP contribution >= 0.6 is 0 Å². The lowest BCUT2D eigenvalue weighted by molar-refractivity contribution is -0.127. The number of carbonyl (C=O) groups excluding carboxylic acids is 1. The van der Waals surface area contributed by atoms with Gasteiger partial charge >= 0.3 is 0 Å². The molecule has 2 N–H and O–H groups in total. The minimum absolute atomic E-state index is 0.00291. The highest BCUT2D eigenvalue weighted by Gasteiger charge is 2.46. The Morgan fingerprint density at radius 2 is 1.45 bits per heavy atom. The smallest absolute Gasteiger partial charge is 0.227 e. The molecule has 0 saturated carbocycles. The summed E-state index contributed by atoms with van der Waals surface area (Å²) in [6.45, 7) is -0.00291. The summed E-state index contributed by atoms with van der Waals surface area (Å²) < 4.78 is 0. The summed E-state index contributed by atoms with van der Waals surface area (Å²) in [5.74, 6) is 0.0549. The molecule has 1 fully saturated rings. The molecule has 2 aromatic rings. The summed E-state index contributed by atoms with van der Waals surface area (Å²) in [6.07, 6.45) is 2.07. The SMILES string of the molecule is O=C1N[C@H](CO)CC1(Cc1ccccc1)Cc1ccccc1. The van der Waals surface area contributed by atoms with E-state index in [2.05, 4.69) is 29.6 Å². The zero-order valence-corrected chi connectivity index (χ0v) is 12.5. The standard InChI is InChI=1S/C19H21NO2/c21-14-17-13-19(18(22)20-17,11-15-7-3-1-4-8-15)12-16-9-5-2-6-10-16/h1-10,17,21H,11-14H2,(H,20,22)/t17-/m0/s1. The molecule has 0 spiro atoms. The Labute approximate surface area is 131 Å². The highest BCUT2D eigenvalue weighted by atomic mass is 16.3. The van der Waals surface area contributed by atoms with E-state index in [-0.39, 0.29) is 18.6 Å². The molecular weight excluding hydrogens is 274 g/mol. The average Bonchev–Trinajstić information content (AvgIpc) is 2.85. The van der Waals surface area contributed by atoms with Crippen LogP contribution < -0.4 is 5.32 Å². The zero-order chi connectivity index (χ0) is 15.4. The van der Waals surface area contributed by atoms with E-state index < -0.39 is 5.41 Å². The molecular formula is C19H21NO2. The van der Waals surface area contributed by atoms with Gasteiger partial charge in [-0.25, -0.2) is 0 Å². The molecule has 0 radical (unpaired) electrons. The van der Waals surface area contributed by atoms with Gasteiger partial charge in [0, 0.05) is 0 Å². The fraction of sp³-hybridized carbons (Fsp3) is 0.316. The fourth-order valence-electron chi connectivity index (χ4n) is 3.40. The lowest BCUT2D eigenvalue weighted by Crippen LogP contribution is -2.36. The third-order valence-electron chi connectivity index (χ3n) is 4.45. The minimum Gasteiger partial charge on any atom is -0.394 e. The maximum atomic E-state index is 12.7. The molecule has 0 unspecified atom stereocenters. The normalized spacial score (nSPS) is 19.9. The number of aliphatic hydroxyl groups excluding tert-OH is 1. The topological polar surface area (TPSA) is 49.3 Å². The molecule has 0 aliphatic carbocycles. The van der Waals surface area contributed by atoms with Crippen molar-refractivity contribution in [2.45, 2.75) is 25.3 Å². The van der Waals surface area contributed by atoms with Gasteiger partial charge in [-0.05, 0) is 30.4 Å². The molecule has 1 heterocycles. The van der Waals surface area contributed by atoms with E-state index in [4.69, 9.17) is 0 Å². The first-order valence-corrected chi connectivity index (χ1v) is 7.71. The first kappa shape index (κ1) is 14.8. The van der Waals surface area contributed by atoms with E-state index >= 15 is 0 Å². The van der Waals surface area contributed by atoms with Gasteiger partial charge in [-0.2, -0.15) is 0 Å². The van der Waals surface area contributed by atoms with Crippen molar-refractivity contribution in [1.82, 2.24) is 5.32 Å². The Balaban J connectivity index is 1.90. The van der Waals surface area contributed by atoms with Crippen LogP contribution in [0, 0.1) is 5.41 Å². The number of hydrogen-bond acceptors (Lipinski definition) is 2. The number of rotatable bonds is 5. The molecule has 1 aliphatic heterocycles. The first-order chi connectivity index (χ1) is 10.7. The number of nitrogens with one attached hydrogen (secondary N) is 1. The molecule has 0 aromatic heterocycles. The molecule has 2 aromatic carbocycles. The van der Waals surface area contributed by atoms with Gasteiger partial charge in [0.1, 0.15) is 0 Å². The summed E-state index contributed by atoms with van der Waals surface area (Å²) in [5.41, 5.74) is 1.84. The van der Waals surface area contributed by atoms with Crippen molar-refractivity contribution in [3.05, 3.63) is 71.8 Å². The van der Waals surface area contributed by atoms with Gasteiger partial charge in [-0.1, -0.05) is 60.7 Å². The second-order valence-corrected chi connectivity index (χ2v) is 6.16. The van der Waals surface area contributed by atoms with E-state index in [0.29, 0.717) is 19.3 Å². The molecule has 1 aliphatic rings. The summed E-state index contributed by atoms with van der Waals surface area (Å²) >= 11 is 0. The molecule has 3 rings (SSSR count). The number of carbonyl (C=O) groups is 1. The number of amides is 1. The Hall–Kier alpha value is -2.13. The van der Waals surface area contributed by atoms with Crippen molar-refractivity contribution >= 4 is 5.91 Å². The van der Waals surface area contributed by atoms with Gasteiger partial charge in [-0.15, -0.1) is 0 Å². The first-order valence-electron chi connectivity index (χ1n) is 7.71. The highest BCUT2D eigenvalue weighted by Crippen LogP contribution is 2.37. The quantitative estimate of drug-likeness (QED) is 0.889. The van der Waals surface area contributed by atoms with E-state index in [1.54, 1.807) is 0 Å². The lowest BCUT2D eigenvalue weighted by atomic mass is 9.74. The Kier molecular flexibility index (Phi) is 4.25. The van der Waals surface area contributed by atoms with Crippen LogP contribution in [0.15, 0.2) is 60.7 Å². The van der Waals surface area contributed by atoms with Crippen LogP contribution in [0.5, 0.6) is 0 Å². The summed E-state index contributed by atoms with van der Waals surface area (Å²) in [7, 11) is 0. The van der Waals surface area contributed by atoms with Gasteiger partial charge in [-0.3, -0.25) is 4.79 Å². The van der Waals surface area contributed by atoms with Crippen LogP contribution in [0.1, 0.15) is 17.5 Å². The third kappa shape index (κ3) is 3.04. The van der Waals surface area contributed by atoms with Gasteiger partial charge in [0.2, 0.25) is 5.91 Å². The predicted molar refractivity (Wildman–Crippen MR) is 86.4 cm³/mol. The van der Waals surface area contributed by atoms with Crippen molar-refractivity contribution in [1.29, 1.82) is 0 Å². The van der Waals surface area contributed by atoms with E-state index in [1.165, 1.54) is 0 Å². The molecule has 22 heavy (non-hydrogen) atoms. The fourth-order valence-corrected chi connectivity index (χ4v) is 3.40. The van der Waals surface area contributed by atoms with Gasteiger partial charge in [0.05, 0.1) is 18.1 Å². The second kappa shape index (κ2) is 6.32. The molecule has 1 atom stereocenters. The number of benzene rings is 2. The summed E-state index contributed by atoms with van der Waals surface area (Å²) in [4.78, 5) is 12.7. The van der Waals surface area contributed by atoms with Crippen LogP contribution in [-0.4, -0.2) is 23.7 Å². The number of hydrogen-bond donors (Lipinski definition) is 2. The predicted octanol–water partition coefficient (Wildman–Crippen LogP) is 2.34. The largest absolute Gasteiger partial charge is 0.394 e. The van der Waals surface area contributed by atoms with E-state index in [9.17, 15) is 9.90 Å².